The SMILES string of the molecule is Cc1cc(N)c2c(O)c(N=Nc3cc(S(=O)(=O)O)ccc3O)c(C)cc2c1. The average molecular weight is 387 g/mol. The van der Waals surface area contributed by atoms with Crippen molar-refractivity contribution in [2.45, 2.75) is 18.7 Å². The van der Waals surface area contributed by atoms with Gasteiger partial charge in [0.2, 0.25) is 0 Å². The Kier molecular flexibility index (Phi) is 4.50. The molecule has 140 valence electrons. The van der Waals surface area contributed by atoms with Gasteiger partial charge in [0.05, 0.1) is 4.90 Å². The lowest BCUT2D eigenvalue weighted by molar-refractivity contribution is 0.473. The lowest BCUT2D eigenvalue weighted by Crippen LogP contribution is -1.96. The number of azo groups is 1. The standard InChI is InChI=1S/C18H17N3O5S/c1-9-5-11-7-10(2)17(18(23)16(11)13(19)6-9)21-20-14-8-12(27(24,25)26)3-4-15(14)22/h3-8,22-23H,19H2,1-2H3,(H,24,25,26). The number of aromatic hydroxyl groups is 2. The van der Waals surface area contributed by atoms with Gasteiger partial charge < -0.3 is 15.9 Å². The summed E-state index contributed by atoms with van der Waals surface area (Å²) < 4.78 is 31.6. The predicted molar refractivity (Wildman–Crippen MR) is 102 cm³/mol. The quantitative estimate of drug-likeness (QED) is 0.302. The van der Waals surface area contributed by atoms with Gasteiger partial charge in [-0.3, -0.25) is 4.55 Å². The molecule has 9 heteroatoms. The zero-order valence-corrected chi connectivity index (χ0v) is 15.3. The van der Waals surface area contributed by atoms with E-state index in [-0.39, 0.29) is 22.9 Å². The number of phenols is 2. The van der Waals surface area contributed by atoms with Crippen molar-refractivity contribution in [2.24, 2.45) is 10.2 Å². The molecule has 3 rings (SSSR count). The van der Waals surface area contributed by atoms with E-state index < -0.39 is 15.0 Å². The van der Waals surface area contributed by atoms with E-state index in [0.29, 0.717) is 16.6 Å². The van der Waals surface area contributed by atoms with Crippen LogP contribution < -0.4 is 5.73 Å². The molecular formula is C18H17N3O5S. The minimum absolute atomic E-state index is 0.134. The van der Waals surface area contributed by atoms with Crippen LogP contribution in [0, 0.1) is 13.8 Å². The van der Waals surface area contributed by atoms with Crippen molar-refractivity contribution in [1.29, 1.82) is 0 Å². The number of aryl methyl sites for hydroxylation is 2. The molecule has 3 aromatic carbocycles. The van der Waals surface area contributed by atoms with Crippen LogP contribution in [0.4, 0.5) is 17.1 Å². The van der Waals surface area contributed by atoms with Crippen LogP contribution in [0.15, 0.2) is 51.5 Å². The summed E-state index contributed by atoms with van der Waals surface area (Å²) in [4.78, 5) is -0.437. The summed E-state index contributed by atoms with van der Waals surface area (Å²) in [5, 5.41) is 29.4. The summed E-state index contributed by atoms with van der Waals surface area (Å²) in [5.41, 5.74) is 7.90. The maximum atomic E-state index is 11.2. The van der Waals surface area contributed by atoms with Crippen LogP contribution in [-0.2, 0) is 10.1 Å². The highest BCUT2D eigenvalue weighted by molar-refractivity contribution is 7.85. The van der Waals surface area contributed by atoms with Crippen molar-refractivity contribution in [3.8, 4) is 11.5 Å². The Morgan fingerprint density at radius 1 is 1.00 bits per heavy atom. The van der Waals surface area contributed by atoms with Gasteiger partial charge in [0.15, 0.2) is 5.75 Å². The van der Waals surface area contributed by atoms with Gasteiger partial charge in [0.25, 0.3) is 10.1 Å². The van der Waals surface area contributed by atoms with Crippen LogP contribution in [-0.4, -0.2) is 23.2 Å². The second-order valence-corrected chi connectivity index (χ2v) is 7.59. The molecule has 0 saturated carbocycles. The molecule has 0 aliphatic rings. The lowest BCUT2D eigenvalue weighted by atomic mass is 10.0. The Morgan fingerprint density at radius 2 is 1.70 bits per heavy atom. The van der Waals surface area contributed by atoms with E-state index in [0.717, 1.165) is 29.1 Å². The van der Waals surface area contributed by atoms with Crippen molar-refractivity contribution in [1.82, 2.24) is 0 Å². The normalized spacial score (nSPS) is 12.1. The molecule has 5 N–H and O–H groups in total. The Balaban J connectivity index is 2.15. The van der Waals surface area contributed by atoms with Crippen molar-refractivity contribution in [3.05, 3.63) is 47.5 Å². The van der Waals surface area contributed by atoms with E-state index >= 15 is 0 Å². The molecule has 0 aliphatic carbocycles. The van der Waals surface area contributed by atoms with Crippen LogP contribution in [0.1, 0.15) is 11.1 Å². The van der Waals surface area contributed by atoms with Gasteiger partial charge in [-0.1, -0.05) is 6.07 Å². The van der Waals surface area contributed by atoms with E-state index in [1.807, 2.05) is 13.0 Å². The first-order valence-corrected chi connectivity index (χ1v) is 9.26. The minimum atomic E-state index is -4.46. The number of nitrogens with zero attached hydrogens (tertiary/aromatic N) is 2. The number of nitrogens with two attached hydrogens (primary N) is 1. The van der Waals surface area contributed by atoms with Gasteiger partial charge in [-0.05, 0) is 60.7 Å². The Bertz CT molecular complexity index is 1200. The molecule has 3 aromatic rings. The predicted octanol–water partition coefficient (Wildman–Crippen LogP) is 4.11. The monoisotopic (exact) mass is 387 g/mol. The molecule has 0 radical (unpaired) electrons. The number of benzene rings is 3. The molecule has 0 aromatic heterocycles. The number of nitrogen functional groups attached to an aromatic ring is 1. The van der Waals surface area contributed by atoms with E-state index in [1.54, 1.807) is 19.1 Å². The van der Waals surface area contributed by atoms with Crippen LogP contribution in [0.3, 0.4) is 0 Å². The fourth-order valence-electron chi connectivity index (χ4n) is 2.81. The minimum Gasteiger partial charge on any atom is -0.506 e. The zero-order valence-electron chi connectivity index (χ0n) is 14.5. The molecule has 0 saturated heterocycles. The molecular weight excluding hydrogens is 370 g/mol. The largest absolute Gasteiger partial charge is 0.506 e. The first kappa shape index (κ1) is 18.6. The average Bonchev–Trinajstić information content (AvgIpc) is 2.54. The summed E-state index contributed by atoms with van der Waals surface area (Å²) in [6.45, 7) is 3.61. The van der Waals surface area contributed by atoms with Gasteiger partial charge >= 0.3 is 0 Å². The van der Waals surface area contributed by atoms with Crippen molar-refractivity contribution in [2.75, 3.05) is 5.73 Å². The molecule has 8 nitrogen and oxygen atoms in total. The molecule has 0 heterocycles. The maximum absolute atomic E-state index is 11.2. The summed E-state index contributed by atoms with van der Waals surface area (Å²) in [5.74, 6) is -0.504. The number of anilines is 1. The van der Waals surface area contributed by atoms with E-state index in [1.165, 1.54) is 0 Å². The van der Waals surface area contributed by atoms with Crippen molar-refractivity contribution >= 4 is 38.0 Å². The van der Waals surface area contributed by atoms with Gasteiger partial charge in [-0.2, -0.15) is 8.42 Å². The second kappa shape index (κ2) is 6.53. The molecule has 0 atom stereocenters. The highest BCUT2D eigenvalue weighted by atomic mass is 32.2. The third-order valence-electron chi connectivity index (χ3n) is 4.05. The van der Waals surface area contributed by atoms with Gasteiger partial charge in [-0.25, -0.2) is 0 Å². The smallest absolute Gasteiger partial charge is 0.294 e. The third kappa shape index (κ3) is 3.55. The summed E-state index contributed by atoms with van der Waals surface area (Å²) in [7, 11) is -4.46. The fraction of sp³-hybridized carbons (Fsp3) is 0.111. The number of rotatable bonds is 3. The van der Waals surface area contributed by atoms with Crippen LogP contribution >= 0.6 is 0 Å². The van der Waals surface area contributed by atoms with Gasteiger partial charge in [-0.15, -0.1) is 10.2 Å². The first-order chi connectivity index (χ1) is 12.6. The van der Waals surface area contributed by atoms with Crippen molar-refractivity contribution < 1.29 is 23.2 Å². The molecule has 0 amide bonds. The molecule has 0 spiro atoms. The topological polar surface area (TPSA) is 146 Å². The Morgan fingerprint density at radius 3 is 2.37 bits per heavy atom. The summed E-state index contributed by atoms with van der Waals surface area (Å²) in [6.07, 6.45) is 0. The fourth-order valence-corrected chi connectivity index (χ4v) is 3.31. The number of hydrogen-bond donors (Lipinski definition) is 4. The van der Waals surface area contributed by atoms with Crippen LogP contribution in [0.5, 0.6) is 11.5 Å². The summed E-state index contributed by atoms with van der Waals surface area (Å²) >= 11 is 0. The van der Waals surface area contributed by atoms with E-state index in [2.05, 4.69) is 10.2 Å². The van der Waals surface area contributed by atoms with Gasteiger partial charge in [0, 0.05) is 11.1 Å². The van der Waals surface area contributed by atoms with Crippen LogP contribution in [0.25, 0.3) is 10.8 Å². The number of phenolic OH excluding ortho intramolecular Hbond substituents is 2. The van der Waals surface area contributed by atoms with Gasteiger partial charge in [0.1, 0.15) is 17.1 Å². The van der Waals surface area contributed by atoms with E-state index in [9.17, 15) is 18.6 Å². The Hall–Kier alpha value is -3.17. The van der Waals surface area contributed by atoms with Crippen LogP contribution in [0.2, 0.25) is 0 Å². The second-order valence-electron chi connectivity index (χ2n) is 6.17. The molecule has 0 aliphatic heterocycles. The lowest BCUT2D eigenvalue weighted by Gasteiger charge is -2.11. The number of fused-ring (bicyclic) bond motifs is 1. The zero-order chi connectivity index (χ0) is 19.9. The molecule has 0 fully saturated rings. The van der Waals surface area contributed by atoms with E-state index in [4.69, 9.17) is 10.3 Å². The highest BCUT2D eigenvalue weighted by Gasteiger charge is 2.15. The third-order valence-corrected chi connectivity index (χ3v) is 4.90. The molecule has 27 heavy (non-hydrogen) atoms. The first-order valence-electron chi connectivity index (χ1n) is 7.82. The molecule has 0 unspecified atom stereocenters. The summed E-state index contributed by atoms with van der Waals surface area (Å²) in [6, 6.07) is 8.47. The van der Waals surface area contributed by atoms with Crippen molar-refractivity contribution in [3.63, 3.8) is 0 Å². The highest BCUT2D eigenvalue weighted by Crippen LogP contribution is 2.42. The number of hydrogen-bond acceptors (Lipinski definition) is 7. The Labute approximate surface area is 155 Å². The molecule has 0 bridgehead atoms. The maximum Gasteiger partial charge on any atom is 0.294 e.